The molecule has 0 aromatic heterocycles. The predicted octanol–water partition coefficient (Wildman–Crippen LogP) is 3.61. The van der Waals surface area contributed by atoms with Crippen molar-refractivity contribution in [2.45, 2.75) is 26.4 Å². The molecule has 2 aromatic carbocycles. The Morgan fingerprint density at radius 1 is 1.15 bits per heavy atom. The summed E-state index contributed by atoms with van der Waals surface area (Å²) in [6, 6.07) is 14.5. The van der Waals surface area contributed by atoms with Gasteiger partial charge in [0.1, 0.15) is 0 Å². The molecule has 1 aliphatic heterocycles. The van der Waals surface area contributed by atoms with Crippen molar-refractivity contribution >= 4 is 10.8 Å². The van der Waals surface area contributed by atoms with Crippen LogP contribution < -0.4 is 0 Å². The molecule has 1 saturated heterocycles. The molecule has 3 rings (SSSR count). The number of aliphatic hydroxyl groups is 1. The van der Waals surface area contributed by atoms with Crippen LogP contribution in [-0.2, 0) is 0 Å². The monoisotopic (exact) mass is 269 g/mol. The highest BCUT2D eigenvalue weighted by Crippen LogP contribution is 2.31. The second kappa shape index (κ2) is 5.19. The molecule has 1 atom stereocenters. The Kier molecular flexibility index (Phi) is 3.53. The third-order valence-electron chi connectivity index (χ3n) is 4.37. The Morgan fingerprint density at radius 2 is 1.90 bits per heavy atom. The lowest BCUT2D eigenvalue weighted by atomic mass is 9.93. The predicted molar refractivity (Wildman–Crippen MR) is 83.7 cm³/mol. The van der Waals surface area contributed by atoms with Crippen LogP contribution in [0.15, 0.2) is 42.5 Å². The van der Waals surface area contributed by atoms with Crippen LogP contribution in [-0.4, -0.2) is 29.6 Å². The molecule has 20 heavy (non-hydrogen) atoms. The maximum Gasteiger partial charge on any atom is 0.0922 e. The summed E-state index contributed by atoms with van der Waals surface area (Å²) in [5.41, 5.74) is 1.44. The summed E-state index contributed by atoms with van der Waals surface area (Å²) in [5.74, 6) is 0. The van der Waals surface area contributed by atoms with E-state index in [1.165, 1.54) is 17.2 Å². The molecule has 106 valence electrons. The van der Waals surface area contributed by atoms with E-state index in [9.17, 15) is 5.11 Å². The first-order chi connectivity index (χ1) is 9.55. The molecule has 0 saturated carbocycles. The Bertz CT molecular complexity index is 600. The fourth-order valence-electron chi connectivity index (χ4n) is 3.26. The lowest BCUT2D eigenvalue weighted by molar-refractivity contribution is 0.122. The number of hydrogen-bond donors (Lipinski definition) is 1. The number of likely N-dealkylation sites (tertiary alicyclic amines) is 1. The van der Waals surface area contributed by atoms with Crippen molar-refractivity contribution in [3.8, 4) is 0 Å². The minimum Gasteiger partial charge on any atom is -0.387 e. The second-order valence-electron chi connectivity index (χ2n) is 6.73. The third-order valence-corrected chi connectivity index (χ3v) is 4.37. The van der Waals surface area contributed by atoms with E-state index in [0.29, 0.717) is 5.41 Å². The van der Waals surface area contributed by atoms with Gasteiger partial charge in [0.15, 0.2) is 0 Å². The van der Waals surface area contributed by atoms with Gasteiger partial charge in [-0.05, 0) is 34.7 Å². The van der Waals surface area contributed by atoms with Crippen molar-refractivity contribution in [2.24, 2.45) is 5.41 Å². The van der Waals surface area contributed by atoms with E-state index in [0.717, 1.165) is 25.2 Å². The molecule has 0 spiro atoms. The van der Waals surface area contributed by atoms with Crippen LogP contribution in [0.4, 0.5) is 0 Å². The standard InChI is InChI=1S/C18H23NO/c1-18(2)10-11-19(13-18)12-17(20)16-9-5-7-14-6-3-4-8-15(14)16/h3-9,17,20H,10-13H2,1-2H3. The van der Waals surface area contributed by atoms with Crippen molar-refractivity contribution in [1.82, 2.24) is 4.90 Å². The number of β-amino-alcohol motifs (C(OH)–C–C–N with tert-alkyl or cyclic N) is 1. The first-order valence-corrected chi connectivity index (χ1v) is 7.43. The van der Waals surface area contributed by atoms with Crippen LogP contribution in [0.3, 0.4) is 0 Å². The summed E-state index contributed by atoms with van der Waals surface area (Å²) in [4.78, 5) is 2.38. The van der Waals surface area contributed by atoms with Crippen molar-refractivity contribution < 1.29 is 5.11 Å². The molecule has 2 nitrogen and oxygen atoms in total. The molecule has 1 N–H and O–H groups in total. The van der Waals surface area contributed by atoms with Gasteiger partial charge in [0.05, 0.1) is 6.10 Å². The van der Waals surface area contributed by atoms with Crippen molar-refractivity contribution in [1.29, 1.82) is 0 Å². The van der Waals surface area contributed by atoms with Crippen LogP contribution in [0, 0.1) is 5.41 Å². The van der Waals surface area contributed by atoms with Gasteiger partial charge in [0.2, 0.25) is 0 Å². The summed E-state index contributed by atoms with van der Waals surface area (Å²) >= 11 is 0. The Labute approximate surface area is 121 Å². The summed E-state index contributed by atoms with van der Waals surface area (Å²) in [7, 11) is 0. The smallest absolute Gasteiger partial charge is 0.0922 e. The minimum absolute atomic E-state index is 0.387. The molecule has 1 aliphatic rings. The number of hydrogen-bond acceptors (Lipinski definition) is 2. The van der Waals surface area contributed by atoms with Gasteiger partial charge in [-0.1, -0.05) is 56.3 Å². The van der Waals surface area contributed by atoms with Crippen LogP contribution >= 0.6 is 0 Å². The number of fused-ring (bicyclic) bond motifs is 1. The first-order valence-electron chi connectivity index (χ1n) is 7.43. The van der Waals surface area contributed by atoms with Gasteiger partial charge >= 0.3 is 0 Å². The maximum atomic E-state index is 10.6. The van der Waals surface area contributed by atoms with Crippen molar-refractivity contribution in [3.63, 3.8) is 0 Å². The van der Waals surface area contributed by atoms with E-state index in [4.69, 9.17) is 0 Å². The highest BCUT2D eigenvalue weighted by atomic mass is 16.3. The van der Waals surface area contributed by atoms with Crippen LogP contribution in [0.25, 0.3) is 10.8 Å². The molecule has 0 amide bonds. The number of nitrogens with zero attached hydrogens (tertiary/aromatic N) is 1. The molecule has 2 heteroatoms. The van der Waals surface area contributed by atoms with Gasteiger partial charge in [0.25, 0.3) is 0 Å². The quantitative estimate of drug-likeness (QED) is 0.920. The van der Waals surface area contributed by atoms with Gasteiger partial charge in [-0.3, -0.25) is 4.90 Å². The van der Waals surface area contributed by atoms with E-state index >= 15 is 0 Å². The molecule has 0 bridgehead atoms. The number of benzene rings is 2. The van der Waals surface area contributed by atoms with E-state index in [2.05, 4.69) is 36.9 Å². The van der Waals surface area contributed by atoms with Gasteiger partial charge in [0, 0.05) is 13.1 Å². The molecular formula is C18H23NO. The molecule has 1 fully saturated rings. The average Bonchev–Trinajstić information content (AvgIpc) is 2.77. The fourth-order valence-corrected chi connectivity index (χ4v) is 3.26. The van der Waals surface area contributed by atoms with E-state index in [1.54, 1.807) is 0 Å². The zero-order valence-electron chi connectivity index (χ0n) is 12.3. The molecular weight excluding hydrogens is 246 g/mol. The lowest BCUT2D eigenvalue weighted by Crippen LogP contribution is -2.28. The Morgan fingerprint density at radius 3 is 2.65 bits per heavy atom. The number of aliphatic hydroxyl groups excluding tert-OH is 1. The fraction of sp³-hybridized carbons (Fsp3) is 0.444. The summed E-state index contributed by atoms with van der Waals surface area (Å²) in [5, 5.41) is 13.0. The summed E-state index contributed by atoms with van der Waals surface area (Å²) in [6.45, 7) is 7.51. The maximum absolute atomic E-state index is 10.6. The van der Waals surface area contributed by atoms with Gasteiger partial charge in [-0.15, -0.1) is 0 Å². The number of rotatable bonds is 3. The minimum atomic E-state index is -0.407. The highest BCUT2D eigenvalue weighted by molar-refractivity contribution is 5.85. The van der Waals surface area contributed by atoms with E-state index in [-0.39, 0.29) is 0 Å². The molecule has 0 aliphatic carbocycles. The SMILES string of the molecule is CC1(C)CCN(CC(O)c2cccc3ccccc23)C1. The van der Waals surface area contributed by atoms with Crippen LogP contribution in [0.1, 0.15) is 31.9 Å². The largest absolute Gasteiger partial charge is 0.387 e. The van der Waals surface area contributed by atoms with Crippen molar-refractivity contribution in [3.05, 3.63) is 48.0 Å². The lowest BCUT2D eigenvalue weighted by Gasteiger charge is -2.23. The van der Waals surface area contributed by atoms with Gasteiger partial charge < -0.3 is 5.11 Å². The second-order valence-corrected chi connectivity index (χ2v) is 6.73. The zero-order chi connectivity index (χ0) is 14.2. The molecule has 1 heterocycles. The highest BCUT2D eigenvalue weighted by Gasteiger charge is 2.30. The summed E-state index contributed by atoms with van der Waals surface area (Å²) in [6.07, 6.45) is 0.810. The third kappa shape index (κ3) is 2.72. The van der Waals surface area contributed by atoms with E-state index in [1.807, 2.05) is 24.3 Å². The topological polar surface area (TPSA) is 23.5 Å². The zero-order valence-corrected chi connectivity index (χ0v) is 12.3. The molecule has 0 radical (unpaired) electrons. The summed E-state index contributed by atoms with van der Waals surface area (Å²) < 4.78 is 0. The van der Waals surface area contributed by atoms with Crippen molar-refractivity contribution in [2.75, 3.05) is 19.6 Å². The Hall–Kier alpha value is -1.38. The van der Waals surface area contributed by atoms with Crippen LogP contribution in [0.2, 0.25) is 0 Å². The normalized spacial score (nSPS) is 20.4. The van der Waals surface area contributed by atoms with Gasteiger partial charge in [-0.2, -0.15) is 0 Å². The van der Waals surface area contributed by atoms with Crippen LogP contribution in [0.5, 0.6) is 0 Å². The molecule has 2 aromatic rings. The van der Waals surface area contributed by atoms with E-state index < -0.39 is 6.10 Å². The molecule has 1 unspecified atom stereocenters. The first kappa shape index (κ1) is 13.6. The Balaban J connectivity index is 1.81. The average molecular weight is 269 g/mol. The van der Waals surface area contributed by atoms with Gasteiger partial charge in [-0.25, -0.2) is 0 Å².